The molecule has 1 aromatic heterocycles. The van der Waals surface area contributed by atoms with E-state index in [9.17, 15) is 9.59 Å². The van der Waals surface area contributed by atoms with Crippen LogP contribution in [0.3, 0.4) is 0 Å². The van der Waals surface area contributed by atoms with Gasteiger partial charge in [-0.25, -0.2) is 4.98 Å². The summed E-state index contributed by atoms with van der Waals surface area (Å²) in [5, 5.41) is 0.283. The number of piperazine rings is 1. The van der Waals surface area contributed by atoms with Crippen LogP contribution in [-0.4, -0.2) is 70.3 Å². The summed E-state index contributed by atoms with van der Waals surface area (Å²) in [7, 11) is 3.37. The van der Waals surface area contributed by atoms with E-state index in [2.05, 4.69) is 36.1 Å². The molecule has 1 unspecified atom stereocenters. The van der Waals surface area contributed by atoms with Crippen molar-refractivity contribution in [2.24, 2.45) is 7.05 Å². The number of unbranched alkanes of at least 4 members (excludes halogenated alkanes) is 1. The van der Waals surface area contributed by atoms with Crippen molar-refractivity contribution in [2.75, 3.05) is 39.8 Å². The number of aromatic nitrogens is 2. The molecule has 0 N–H and O–H groups in total. The molecule has 8 heteroatoms. The van der Waals surface area contributed by atoms with Crippen molar-refractivity contribution < 1.29 is 9.53 Å². The van der Waals surface area contributed by atoms with Gasteiger partial charge in [-0.3, -0.25) is 19.1 Å². The molecule has 1 fully saturated rings. The van der Waals surface area contributed by atoms with Gasteiger partial charge in [0, 0.05) is 58.9 Å². The molecule has 4 rings (SSSR count). The van der Waals surface area contributed by atoms with Crippen molar-refractivity contribution in [1.29, 1.82) is 0 Å². The summed E-state index contributed by atoms with van der Waals surface area (Å²) in [5.74, 6) is 0.138. The van der Waals surface area contributed by atoms with E-state index in [4.69, 9.17) is 9.72 Å². The molecule has 0 saturated carbocycles. The fourth-order valence-corrected chi connectivity index (χ4v) is 6.21. The molecule has 7 nitrogen and oxygen atoms in total. The molecule has 1 atom stereocenters. The molecule has 1 amide bonds. The largest absolute Gasteiger partial charge is 0.378 e. The van der Waals surface area contributed by atoms with Gasteiger partial charge in [0.2, 0.25) is 5.91 Å². The number of carbonyl (C=O) groups excluding carboxylic acids is 1. The molecule has 1 aliphatic rings. The number of rotatable bonds is 13. The first kappa shape index (κ1) is 30.8. The number of ether oxygens (including phenoxy) is 1. The molecule has 41 heavy (non-hydrogen) atoms. The molecule has 1 aliphatic heterocycles. The van der Waals surface area contributed by atoms with Gasteiger partial charge in [-0.1, -0.05) is 104 Å². The third-order valence-corrected chi connectivity index (χ3v) is 8.73. The first-order valence-electron chi connectivity index (χ1n) is 14.5. The fraction of sp³-hybridized carbons (Fsp3) is 0.424. The van der Waals surface area contributed by atoms with Crippen LogP contribution < -0.4 is 5.56 Å². The zero-order valence-corrected chi connectivity index (χ0v) is 25.3. The second-order valence-electron chi connectivity index (χ2n) is 10.5. The summed E-state index contributed by atoms with van der Waals surface area (Å²) in [6.45, 7) is 6.36. The average molecular weight is 575 g/mol. The lowest BCUT2D eigenvalue weighted by Crippen LogP contribution is -2.51. The number of benzene rings is 2. The first-order valence-corrected chi connectivity index (χ1v) is 15.4. The molecule has 218 valence electrons. The minimum atomic E-state index is -0.284. The average Bonchev–Trinajstić information content (AvgIpc) is 3.01. The molecular formula is C33H42N4O3S. The standard InChI is InChI=1S/C33H42N4O3S/c1-4-5-18-30(32(39)37-22-20-36(21-23-37)19-12-17-26-13-8-6-9-14-26)41-33-34-29(25-40-3)28(31(38)35(33)2)24-27-15-10-7-11-16-27/h6-17,30H,4-5,18-25H2,1-3H3/b17-12+. The Morgan fingerprint density at radius 1 is 1.05 bits per heavy atom. The number of amides is 1. The summed E-state index contributed by atoms with van der Waals surface area (Å²) in [6.07, 6.45) is 7.53. The Morgan fingerprint density at radius 2 is 1.73 bits per heavy atom. The third-order valence-electron chi connectivity index (χ3n) is 7.43. The monoisotopic (exact) mass is 574 g/mol. The van der Waals surface area contributed by atoms with Gasteiger partial charge < -0.3 is 9.64 Å². The van der Waals surface area contributed by atoms with Gasteiger partial charge in [-0.05, 0) is 17.5 Å². The van der Waals surface area contributed by atoms with E-state index in [0.29, 0.717) is 35.9 Å². The number of hydrogen-bond donors (Lipinski definition) is 0. The molecule has 1 saturated heterocycles. The summed E-state index contributed by atoms with van der Waals surface area (Å²) in [4.78, 5) is 36.5. The van der Waals surface area contributed by atoms with Crippen molar-refractivity contribution in [3.8, 4) is 0 Å². The predicted octanol–water partition coefficient (Wildman–Crippen LogP) is 5.03. The normalized spacial score (nSPS) is 15.0. The van der Waals surface area contributed by atoms with Crippen LogP contribution in [0.2, 0.25) is 0 Å². The van der Waals surface area contributed by atoms with E-state index in [1.54, 1.807) is 18.7 Å². The number of hydrogen-bond acceptors (Lipinski definition) is 6. The number of carbonyl (C=O) groups is 1. The second-order valence-corrected chi connectivity index (χ2v) is 11.6. The molecule has 0 spiro atoms. The Hall–Kier alpha value is -3.20. The maximum absolute atomic E-state index is 13.8. The molecule has 3 aromatic rings. The van der Waals surface area contributed by atoms with E-state index in [1.807, 2.05) is 53.4 Å². The van der Waals surface area contributed by atoms with Gasteiger partial charge in [0.05, 0.1) is 17.6 Å². The lowest BCUT2D eigenvalue weighted by Gasteiger charge is -2.36. The highest BCUT2D eigenvalue weighted by atomic mass is 32.2. The van der Waals surface area contributed by atoms with Crippen LogP contribution in [-0.2, 0) is 29.6 Å². The second kappa shape index (κ2) is 15.7. The summed E-state index contributed by atoms with van der Waals surface area (Å²) < 4.78 is 7.03. The van der Waals surface area contributed by atoms with E-state index in [-0.39, 0.29) is 23.3 Å². The van der Waals surface area contributed by atoms with Crippen LogP contribution in [0, 0.1) is 0 Å². The molecule has 0 bridgehead atoms. The summed E-state index contributed by atoms with van der Waals surface area (Å²) >= 11 is 1.42. The summed E-state index contributed by atoms with van der Waals surface area (Å²) in [6, 6.07) is 20.2. The minimum Gasteiger partial charge on any atom is -0.378 e. The zero-order chi connectivity index (χ0) is 29.0. The lowest BCUT2D eigenvalue weighted by atomic mass is 10.0. The van der Waals surface area contributed by atoms with E-state index in [0.717, 1.165) is 44.5 Å². The Balaban J connectivity index is 1.44. The van der Waals surface area contributed by atoms with E-state index < -0.39 is 0 Å². The highest BCUT2D eigenvalue weighted by molar-refractivity contribution is 8.00. The Labute approximate surface area is 248 Å². The summed E-state index contributed by atoms with van der Waals surface area (Å²) in [5.41, 5.74) is 3.44. The van der Waals surface area contributed by atoms with E-state index in [1.165, 1.54) is 17.3 Å². The minimum absolute atomic E-state index is 0.0859. The van der Waals surface area contributed by atoms with Gasteiger partial charge in [0.25, 0.3) is 5.56 Å². The van der Waals surface area contributed by atoms with Crippen LogP contribution in [0.4, 0.5) is 0 Å². The van der Waals surface area contributed by atoms with Crippen molar-refractivity contribution in [3.05, 3.63) is 99.5 Å². The maximum Gasteiger partial charge on any atom is 0.257 e. The molecule has 2 aromatic carbocycles. The fourth-order valence-electron chi connectivity index (χ4n) is 5.02. The quantitative estimate of drug-likeness (QED) is 0.211. The Kier molecular flexibility index (Phi) is 11.8. The smallest absolute Gasteiger partial charge is 0.257 e. The van der Waals surface area contributed by atoms with E-state index >= 15 is 0 Å². The van der Waals surface area contributed by atoms with Gasteiger partial charge in [0.15, 0.2) is 5.16 Å². The first-order chi connectivity index (χ1) is 20.0. The Morgan fingerprint density at radius 3 is 2.39 bits per heavy atom. The third kappa shape index (κ3) is 8.64. The van der Waals surface area contributed by atoms with Crippen LogP contribution in [0.1, 0.15) is 48.6 Å². The lowest BCUT2D eigenvalue weighted by molar-refractivity contribution is -0.132. The molecule has 0 radical (unpaired) electrons. The predicted molar refractivity (Wildman–Crippen MR) is 167 cm³/mol. The van der Waals surface area contributed by atoms with Gasteiger partial charge in [0.1, 0.15) is 0 Å². The highest BCUT2D eigenvalue weighted by Crippen LogP contribution is 2.28. The van der Waals surface area contributed by atoms with Gasteiger partial charge in [-0.2, -0.15) is 0 Å². The van der Waals surface area contributed by atoms with Crippen molar-refractivity contribution >= 4 is 23.7 Å². The highest BCUT2D eigenvalue weighted by Gasteiger charge is 2.29. The molecule has 2 heterocycles. The van der Waals surface area contributed by atoms with Crippen molar-refractivity contribution in [2.45, 2.75) is 49.6 Å². The number of methoxy groups -OCH3 is 1. The maximum atomic E-state index is 13.8. The van der Waals surface area contributed by atoms with Gasteiger partial charge in [-0.15, -0.1) is 0 Å². The van der Waals surface area contributed by atoms with Crippen LogP contribution >= 0.6 is 11.8 Å². The number of thioether (sulfide) groups is 1. The SMILES string of the molecule is CCCCC(Sc1nc(COC)c(Cc2ccccc2)c(=O)n1C)C(=O)N1CCN(C/C=C/c2ccccc2)CC1. The van der Waals surface area contributed by atoms with Crippen molar-refractivity contribution in [3.63, 3.8) is 0 Å². The van der Waals surface area contributed by atoms with Crippen LogP contribution in [0.15, 0.2) is 76.7 Å². The van der Waals surface area contributed by atoms with Crippen LogP contribution in [0.25, 0.3) is 6.08 Å². The number of nitrogens with zero attached hydrogens (tertiary/aromatic N) is 4. The van der Waals surface area contributed by atoms with Crippen molar-refractivity contribution in [1.82, 2.24) is 19.4 Å². The zero-order valence-electron chi connectivity index (χ0n) is 24.5. The Bertz CT molecular complexity index is 1340. The topological polar surface area (TPSA) is 67.7 Å². The molecular weight excluding hydrogens is 532 g/mol. The molecule has 0 aliphatic carbocycles. The van der Waals surface area contributed by atoms with Gasteiger partial charge >= 0.3 is 0 Å². The van der Waals surface area contributed by atoms with Crippen LogP contribution in [0.5, 0.6) is 0 Å².